The predicted octanol–water partition coefficient (Wildman–Crippen LogP) is 2.84. The van der Waals surface area contributed by atoms with Crippen LogP contribution in [0.1, 0.15) is 18.4 Å². The molecule has 0 radical (unpaired) electrons. The van der Waals surface area contributed by atoms with Crippen LogP contribution in [0, 0.1) is 12.8 Å². The fraction of sp³-hybridized carbons (Fsp3) is 0.500. The molecule has 0 heterocycles. The second-order valence-corrected chi connectivity index (χ2v) is 4.16. The zero-order valence-electron chi connectivity index (χ0n) is 8.46. The number of benzene rings is 1. The lowest BCUT2D eigenvalue weighted by molar-refractivity contribution is 0.787. The van der Waals surface area contributed by atoms with Crippen LogP contribution in [-0.4, -0.2) is 13.6 Å². The molecule has 70 valence electrons. The summed E-state index contributed by atoms with van der Waals surface area (Å²) in [4.78, 5) is 2.37. The van der Waals surface area contributed by atoms with Crippen LogP contribution < -0.4 is 4.90 Å². The van der Waals surface area contributed by atoms with Crippen LogP contribution in [0.2, 0.25) is 0 Å². The fourth-order valence-electron chi connectivity index (χ4n) is 1.66. The maximum Gasteiger partial charge on any atom is 0.0366 e. The number of hydrogen-bond acceptors (Lipinski definition) is 1. The Kier molecular flexibility index (Phi) is 2.26. The lowest BCUT2D eigenvalue weighted by Crippen LogP contribution is -2.19. The monoisotopic (exact) mass is 175 g/mol. The van der Waals surface area contributed by atoms with E-state index in [1.165, 1.54) is 30.6 Å². The van der Waals surface area contributed by atoms with E-state index in [4.69, 9.17) is 0 Å². The molecule has 1 nitrogen and oxygen atoms in total. The Morgan fingerprint density at radius 3 is 2.77 bits per heavy atom. The van der Waals surface area contributed by atoms with E-state index in [0.29, 0.717) is 0 Å². The summed E-state index contributed by atoms with van der Waals surface area (Å²) in [6.07, 6.45) is 2.85. The molecule has 1 fully saturated rings. The van der Waals surface area contributed by atoms with Crippen molar-refractivity contribution in [2.24, 2.45) is 5.92 Å². The highest BCUT2D eigenvalue weighted by atomic mass is 15.1. The molecule has 1 aromatic carbocycles. The molecule has 1 aliphatic rings. The van der Waals surface area contributed by atoms with Gasteiger partial charge in [-0.15, -0.1) is 0 Å². The lowest BCUT2D eigenvalue weighted by atomic mass is 10.2. The summed E-state index contributed by atoms with van der Waals surface area (Å²) < 4.78 is 0. The number of anilines is 1. The molecule has 1 heteroatoms. The molecule has 1 saturated carbocycles. The average Bonchev–Trinajstić information content (AvgIpc) is 2.88. The summed E-state index contributed by atoms with van der Waals surface area (Å²) in [6, 6.07) is 8.72. The number of aryl methyl sites for hydroxylation is 1. The van der Waals surface area contributed by atoms with E-state index in [1.807, 2.05) is 0 Å². The summed E-state index contributed by atoms with van der Waals surface area (Å²) in [5.74, 6) is 0.963. The van der Waals surface area contributed by atoms with Gasteiger partial charge in [-0.1, -0.05) is 12.1 Å². The quantitative estimate of drug-likeness (QED) is 0.682. The van der Waals surface area contributed by atoms with Gasteiger partial charge in [0.15, 0.2) is 0 Å². The first-order chi connectivity index (χ1) is 6.25. The average molecular weight is 175 g/mol. The third-order valence-corrected chi connectivity index (χ3v) is 2.67. The Bertz CT molecular complexity index is 289. The number of rotatable bonds is 3. The molecule has 1 aromatic rings. The summed E-state index contributed by atoms with van der Waals surface area (Å²) in [6.45, 7) is 3.37. The van der Waals surface area contributed by atoms with Gasteiger partial charge in [0, 0.05) is 19.3 Å². The highest BCUT2D eigenvalue weighted by Gasteiger charge is 2.22. The van der Waals surface area contributed by atoms with Gasteiger partial charge in [-0.25, -0.2) is 0 Å². The normalized spacial score (nSPS) is 15.8. The highest BCUT2D eigenvalue weighted by molar-refractivity contribution is 5.47. The van der Waals surface area contributed by atoms with E-state index in [9.17, 15) is 0 Å². The Labute approximate surface area is 80.4 Å². The smallest absolute Gasteiger partial charge is 0.0366 e. The molecule has 13 heavy (non-hydrogen) atoms. The van der Waals surface area contributed by atoms with Crippen molar-refractivity contribution in [2.75, 3.05) is 18.5 Å². The molecule has 1 aliphatic carbocycles. The third kappa shape index (κ3) is 2.24. The molecule has 0 N–H and O–H groups in total. The SMILES string of the molecule is Cc1cccc(N(C)CC2CC2)c1. The lowest BCUT2D eigenvalue weighted by Gasteiger charge is -2.19. The molecule has 0 aliphatic heterocycles. The van der Waals surface area contributed by atoms with Crippen molar-refractivity contribution in [3.63, 3.8) is 0 Å². The largest absolute Gasteiger partial charge is 0.374 e. The molecule has 0 unspecified atom stereocenters. The minimum Gasteiger partial charge on any atom is -0.374 e. The van der Waals surface area contributed by atoms with Crippen LogP contribution in [0.4, 0.5) is 5.69 Å². The van der Waals surface area contributed by atoms with Crippen molar-refractivity contribution in [2.45, 2.75) is 19.8 Å². The van der Waals surface area contributed by atoms with Crippen molar-refractivity contribution in [1.82, 2.24) is 0 Å². The Hall–Kier alpha value is -0.980. The minimum atomic E-state index is 0.963. The van der Waals surface area contributed by atoms with Crippen molar-refractivity contribution in [3.8, 4) is 0 Å². The molecule has 2 rings (SSSR count). The van der Waals surface area contributed by atoms with Gasteiger partial charge in [0.2, 0.25) is 0 Å². The molecule has 0 bridgehead atoms. The molecular weight excluding hydrogens is 158 g/mol. The first kappa shape index (κ1) is 8.61. The zero-order valence-corrected chi connectivity index (χ0v) is 8.46. The maximum atomic E-state index is 2.37. The van der Waals surface area contributed by atoms with Gasteiger partial charge in [-0.2, -0.15) is 0 Å². The van der Waals surface area contributed by atoms with Crippen LogP contribution in [0.5, 0.6) is 0 Å². The van der Waals surface area contributed by atoms with Gasteiger partial charge < -0.3 is 4.90 Å². The molecular formula is C12H17N. The van der Waals surface area contributed by atoms with Crippen molar-refractivity contribution >= 4 is 5.69 Å². The first-order valence-electron chi connectivity index (χ1n) is 5.03. The molecule has 0 saturated heterocycles. The van der Waals surface area contributed by atoms with Crippen molar-refractivity contribution < 1.29 is 0 Å². The highest BCUT2D eigenvalue weighted by Crippen LogP contribution is 2.30. The van der Waals surface area contributed by atoms with Gasteiger partial charge in [-0.3, -0.25) is 0 Å². The van der Waals surface area contributed by atoms with Crippen LogP contribution in [0.3, 0.4) is 0 Å². The molecule has 0 aromatic heterocycles. The second kappa shape index (κ2) is 3.41. The summed E-state index contributed by atoms with van der Waals surface area (Å²) in [5, 5.41) is 0. The molecule has 0 spiro atoms. The third-order valence-electron chi connectivity index (χ3n) is 2.67. The van der Waals surface area contributed by atoms with E-state index in [0.717, 1.165) is 5.92 Å². The van der Waals surface area contributed by atoms with Gasteiger partial charge in [0.1, 0.15) is 0 Å². The van der Waals surface area contributed by atoms with E-state index < -0.39 is 0 Å². The fourth-order valence-corrected chi connectivity index (χ4v) is 1.66. The van der Waals surface area contributed by atoms with Crippen LogP contribution in [-0.2, 0) is 0 Å². The maximum absolute atomic E-state index is 2.37. The standard InChI is InChI=1S/C12H17N/c1-10-4-3-5-12(8-10)13(2)9-11-6-7-11/h3-5,8,11H,6-7,9H2,1-2H3. The molecule has 0 amide bonds. The van der Waals surface area contributed by atoms with E-state index in [1.54, 1.807) is 0 Å². The van der Waals surface area contributed by atoms with Crippen molar-refractivity contribution in [3.05, 3.63) is 29.8 Å². The first-order valence-corrected chi connectivity index (χ1v) is 5.03. The van der Waals surface area contributed by atoms with Crippen LogP contribution in [0.15, 0.2) is 24.3 Å². The van der Waals surface area contributed by atoms with Gasteiger partial charge in [0.25, 0.3) is 0 Å². The Balaban J connectivity index is 2.04. The zero-order chi connectivity index (χ0) is 9.26. The van der Waals surface area contributed by atoms with Crippen LogP contribution >= 0.6 is 0 Å². The van der Waals surface area contributed by atoms with Gasteiger partial charge >= 0.3 is 0 Å². The second-order valence-electron chi connectivity index (χ2n) is 4.16. The summed E-state index contributed by atoms with van der Waals surface area (Å²) in [5.41, 5.74) is 2.70. The van der Waals surface area contributed by atoms with E-state index >= 15 is 0 Å². The molecule has 0 atom stereocenters. The topological polar surface area (TPSA) is 3.24 Å². The number of nitrogens with zero attached hydrogens (tertiary/aromatic N) is 1. The van der Waals surface area contributed by atoms with Gasteiger partial charge in [-0.05, 0) is 43.4 Å². The van der Waals surface area contributed by atoms with Crippen LogP contribution in [0.25, 0.3) is 0 Å². The number of hydrogen-bond donors (Lipinski definition) is 0. The minimum absolute atomic E-state index is 0.963. The van der Waals surface area contributed by atoms with Crippen molar-refractivity contribution in [1.29, 1.82) is 0 Å². The Morgan fingerprint density at radius 2 is 2.15 bits per heavy atom. The summed E-state index contributed by atoms with van der Waals surface area (Å²) >= 11 is 0. The van der Waals surface area contributed by atoms with E-state index in [2.05, 4.69) is 43.1 Å². The van der Waals surface area contributed by atoms with E-state index in [-0.39, 0.29) is 0 Å². The van der Waals surface area contributed by atoms with Gasteiger partial charge in [0.05, 0.1) is 0 Å². The summed E-state index contributed by atoms with van der Waals surface area (Å²) in [7, 11) is 2.19. The Morgan fingerprint density at radius 1 is 1.38 bits per heavy atom. The predicted molar refractivity (Wildman–Crippen MR) is 57.2 cm³/mol.